The van der Waals surface area contributed by atoms with Crippen molar-refractivity contribution in [3.63, 3.8) is 0 Å². The number of benzene rings is 2. The van der Waals surface area contributed by atoms with Crippen LogP contribution in [0.15, 0.2) is 42.5 Å². The van der Waals surface area contributed by atoms with E-state index in [1.807, 2.05) is 24.3 Å². The Bertz CT molecular complexity index is 1120. The molecule has 0 aromatic heterocycles. The normalized spacial score (nSPS) is 17.9. The highest BCUT2D eigenvalue weighted by molar-refractivity contribution is 7.92. The highest BCUT2D eigenvalue weighted by atomic mass is 35.5. The van der Waals surface area contributed by atoms with Gasteiger partial charge in [-0.3, -0.25) is 9.10 Å². The van der Waals surface area contributed by atoms with Crippen LogP contribution >= 0.6 is 11.6 Å². The number of anilines is 1. The highest BCUT2D eigenvalue weighted by Gasteiger charge is 2.40. The number of methoxy groups -OCH3 is 1. The number of carbonyl (C=O) groups excluding carboxylic acids is 1. The van der Waals surface area contributed by atoms with Crippen LogP contribution in [0.4, 0.5) is 5.69 Å². The number of nitrogens with one attached hydrogen (secondary N) is 1. The number of rotatable bonds is 8. The average molecular weight is 495 g/mol. The van der Waals surface area contributed by atoms with Crippen LogP contribution in [0.2, 0.25) is 5.02 Å². The molecule has 0 aliphatic carbocycles. The average Bonchev–Trinajstić information content (AvgIpc) is 2.78. The molecule has 180 valence electrons. The van der Waals surface area contributed by atoms with Crippen LogP contribution in [-0.2, 0) is 14.8 Å². The first-order valence-corrected chi connectivity index (χ1v) is 13.2. The number of carbonyl (C=O) groups is 1. The van der Waals surface area contributed by atoms with E-state index in [1.165, 1.54) is 13.2 Å². The van der Waals surface area contributed by atoms with Crippen LogP contribution in [-0.4, -0.2) is 39.3 Å². The van der Waals surface area contributed by atoms with Crippen molar-refractivity contribution in [3.05, 3.63) is 53.1 Å². The van der Waals surface area contributed by atoms with Crippen molar-refractivity contribution in [3.8, 4) is 11.5 Å². The van der Waals surface area contributed by atoms with Crippen molar-refractivity contribution in [2.45, 2.75) is 57.7 Å². The molecule has 1 aliphatic rings. The zero-order valence-electron chi connectivity index (χ0n) is 19.6. The van der Waals surface area contributed by atoms with Crippen molar-refractivity contribution in [1.29, 1.82) is 0 Å². The van der Waals surface area contributed by atoms with E-state index in [9.17, 15) is 13.2 Å². The molecule has 0 bridgehead atoms. The molecule has 1 aliphatic heterocycles. The minimum Gasteiger partial charge on any atom is -0.495 e. The first-order valence-electron chi connectivity index (χ1n) is 11.0. The van der Waals surface area contributed by atoms with Crippen LogP contribution in [0.1, 0.15) is 51.6 Å². The quantitative estimate of drug-likeness (QED) is 0.574. The second-order valence-electron chi connectivity index (χ2n) is 8.35. The molecule has 1 heterocycles. The Kier molecular flexibility index (Phi) is 7.49. The van der Waals surface area contributed by atoms with Gasteiger partial charge < -0.3 is 14.8 Å². The fraction of sp³-hybridized carbons (Fsp3) is 0.458. The van der Waals surface area contributed by atoms with E-state index in [-0.39, 0.29) is 11.7 Å². The monoisotopic (exact) mass is 494 g/mol. The number of hydrogen-bond acceptors (Lipinski definition) is 5. The number of para-hydroxylation sites is 1. The summed E-state index contributed by atoms with van der Waals surface area (Å²) in [4.78, 5) is 13.4. The van der Waals surface area contributed by atoms with Crippen LogP contribution < -0.4 is 19.1 Å². The summed E-state index contributed by atoms with van der Waals surface area (Å²) in [5, 5.41) is 3.41. The lowest BCUT2D eigenvalue weighted by Crippen LogP contribution is -2.51. The Morgan fingerprint density at radius 3 is 2.55 bits per heavy atom. The van der Waals surface area contributed by atoms with Crippen LogP contribution in [0.5, 0.6) is 11.5 Å². The number of hydrogen-bond donors (Lipinski definition) is 1. The third kappa shape index (κ3) is 5.22. The van der Waals surface area contributed by atoms with E-state index in [1.54, 1.807) is 19.1 Å². The predicted molar refractivity (Wildman–Crippen MR) is 131 cm³/mol. The zero-order valence-corrected chi connectivity index (χ0v) is 21.2. The van der Waals surface area contributed by atoms with Gasteiger partial charge in [-0.2, -0.15) is 0 Å². The van der Waals surface area contributed by atoms with Crippen molar-refractivity contribution in [2.75, 3.05) is 17.7 Å². The van der Waals surface area contributed by atoms with Gasteiger partial charge in [-0.05, 0) is 44.0 Å². The molecule has 0 fully saturated rings. The van der Waals surface area contributed by atoms with Gasteiger partial charge in [0, 0.05) is 17.0 Å². The number of sulfonamides is 1. The maximum absolute atomic E-state index is 13.4. The fourth-order valence-corrected chi connectivity index (χ4v) is 5.68. The number of nitrogens with zero attached hydrogens (tertiary/aromatic N) is 1. The van der Waals surface area contributed by atoms with Gasteiger partial charge in [0.2, 0.25) is 15.9 Å². The Balaban J connectivity index is 1.96. The lowest BCUT2D eigenvalue weighted by Gasteiger charge is -2.42. The van der Waals surface area contributed by atoms with E-state index in [4.69, 9.17) is 21.1 Å². The topological polar surface area (TPSA) is 84.9 Å². The summed E-state index contributed by atoms with van der Waals surface area (Å²) >= 11 is 6.14. The molecular formula is C24H31ClN2O5S. The van der Waals surface area contributed by atoms with Gasteiger partial charge in [-0.25, -0.2) is 8.42 Å². The number of ether oxygens (including phenoxy) is 2. The minimum atomic E-state index is -3.84. The first-order chi connectivity index (χ1) is 15.5. The molecule has 2 aromatic carbocycles. The summed E-state index contributed by atoms with van der Waals surface area (Å²) in [5.74, 6) is 0.615. The van der Waals surface area contributed by atoms with E-state index >= 15 is 0 Å². The first kappa shape index (κ1) is 25.2. The lowest BCUT2D eigenvalue weighted by atomic mass is 9.83. The molecule has 1 amide bonds. The van der Waals surface area contributed by atoms with E-state index in [2.05, 4.69) is 19.2 Å². The van der Waals surface area contributed by atoms with Gasteiger partial charge in [-0.1, -0.05) is 43.6 Å². The minimum absolute atomic E-state index is 0.207. The Morgan fingerprint density at radius 1 is 1.27 bits per heavy atom. The van der Waals surface area contributed by atoms with Gasteiger partial charge >= 0.3 is 0 Å². The molecule has 0 unspecified atom stereocenters. The molecule has 0 saturated carbocycles. The molecule has 0 spiro atoms. The Hall–Kier alpha value is -2.45. The summed E-state index contributed by atoms with van der Waals surface area (Å²) < 4.78 is 38.3. The maximum atomic E-state index is 13.4. The van der Waals surface area contributed by atoms with Gasteiger partial charge in [0.05, 0.1) is 25.1 Å². The summed E-state index contributed by atoms with van der Waals surface area (Å²) in [5.41, 5.74) is 0.684. The molecule has 0 saturated heterocycles. The Labute approximate surface area is 201 Å². The van der Waals surface area contributed by atoms with Crippen LogP contribution in [0.3, 0.4) is 0 Å². The molecule has 1 N–H and O–H groups in total. The smallest absolute Gasteiger partial charge is 0.244 e. The predicted octanol–water partition coefficient (Wildman–Crippen LogP) is 4.70. The fourth-order valence-electron chi connectivity index (χ4n) is 4.34. The van der Waals surface area contributed by atoms with Crippen molar-refractivity contribution >= 4 is 33.2 Å². The molecular weight excluding hydrogens is 464 g/mol. The summed E-state index contributed by atoms with van der Waals surface area (Å²) in [6, 6.07) is 10.9. The second kappa shape index (κ2) is 9.81. The van der Waals surface area contributed by atoms with Crippen LogP contribution in [0, 0.1) is 0 Å². The molecule has 33 heavy (non-hydrogen) atoms. The van der Waals surface area contributed by atoms with Crippen molar-refractivity contribution < 1.29 is 22.7 Å². The van der Waals surface area contributed by atoms with Gasteiger partial charge in [0.15, 0.2) is 0 Å². The van der Waals surface area contributed by atoms with E-state index in [0.717, 1.165) is 34.7 Å². The number of fused-ring (bicyclic) bond motifs is 1. The molecule has 2 atom stereocenters. The molecule has 9 heteroatoms. The van der Waals surface area contributed by atoms with Crippen LogP contribution in [0.25, 0.3) is 0 Å². The zero-order chi connectivity index (χ0) is 24.4. The van der Waals surface area contributed by atoms with Crippen molar-refractivity contribution in [1.82, 2.24) is 5.32 Å². The molecule has 3 rings (SSSR count). The highest BCUT2D eigenvalue weighted by Crippen LogP contribution is 2.43. The third-order valence-electron chi connectivity index (χ3n) is 6.27. The van der Waals surface area contributed by atoms with E-state index in [0.29, 0.717) is 17.2 Å². The summed E-state index contributed by atoms with van der Waals surface area (Å²) in [6.45, 7) is 5.68. The molecule has 7 nitrogen and oxygen atoms in total. The molecule has 0 radical (unpaired) electrons. The standard InChI is InChI=1S/C24H31ClN2O5S/c1-6-24(7-2)15-19(18-10-8-9-11-21(18)32-24)26-23(28)16(3)27(33(5,29)30)20-14-17(25)12-13-22(20)31-4/h8-14,16,19H,6-7,15H2,1-5H3,(H,26,28)/t16-,19+/m1/s1. The largest absolute Gasteiger partial charge is 0.495 e. The second-order valence-corrected chi connectivity index (χ2v) is 10.6. The van der Waals surface area contributed by atoms with Gasteiger partial charge in [0.25, 0.3) is 0 Å². The van der Waals surface area contributed by atoms with Gasteiger partial charge in [-0.15, -0.1) is 0 Å². The SMILES string of the molecule is CCC1(CC)C[C@H](NC(=O)[C@@H](C)N(c2cc(Cl)ccc2OC)S(C)(=O)=O)c2ccccc2O1. The summed E-state index contributed by atoms with van der Waals surface area (Å²) in [6.07, 6.45) is 3.22. The Morgan fingerprint density at radius 2 is 1.94 bits per heavy atom. The maximum Gasteiger partial charge on any atom is 0.244 e. The number of amides is 1. The molecule has 2 aromatic rings. The number of halogens is 1. The summed E-state index contributed by atoms with van der Waals surface area (Å²) in [7, 11) is -2.40. The van der Waals surface area contributed by atoms with Crippen molar-refractivity contribution in [2.24, 2.45) is 0 Å². The van der Waals surface area contributed by atoms with Gasteiger partial charge in [0.1, 0.15) is 23.1 Å². The third-order valence-corrected chi connectivity index (χ3v) is 7.73. The van der Waals surface area contributed by atoms with E-state index < -0.39 is 27.6 Å². The lowest BCUT2D eigenvalue weighted by molar-refractivity contribution is -0.123.